The van der Waals surface area contributed by atoms with Crippen LogP contribution in [0.3, 0.4) is 0 Å². The lowest BCUT2D eigenvalue weighted by Gasteiger charge is -2.24. The molecule has 0 aromatic heterocycles. The lowest BCUT2D eigenvalue weighted by molar-refractivity contribution is -0.129. The van der Waals surface area contributed by atoms with Gasteiger partial charge in [0, 0.05) is 12.8 Å². The number of carbonyl (C=O) groups is 1. The predicted molar refractivity (Wildman–Crippen MR) is 73.2 cm³/mol. The molecule has 1 aliphatic heterocycles. The van der Waals surface area contributed by atoms with E-state index in [0.717, 1.165) is 11.8 Å². The monoisotopic (exact) mass is 300 g/mol. The molecule has 110 valence electrons. The first-order chi connectivity index (χ1) is 9.28. The van der Waals surface area contributed by atoms with E-state index in [1.165, 1.54) is 17.0 Å². The fourth-order valence-corrected chi connectivity index (χ4v) is 2.73. The van der Waals surface area contributed by atoms with Gasteiger partial charge >= 0.3 is 0 Å². The second-order valence-corrected chi connectivity index (χ2v) is 7.26. The Morgan fingerprint density at radius 1 is 1.30 bits per heavy atom. The zero-order valence-corrected chi connectivity index (χ0v) is 12.2. The van der Waals surface area contributed by atoms with Gasteiger partial charge in [-0.15, -0.1) is 0 Å². The number of nitrogens with one attached hydrogen (secondary N) is 1. The van der Waals surface area contributed by atoms with Crippen molar-refractivity contribution in [3.63, 3.8) is 0 Å². The van der Waals surface area contributed by atoms with Gasteiger partial charge in [0.25, 0.3) is 0 Å². The minimum Gasteiger partial charge on any atom is -0.321 e. The Hall–Kier alpha value is -1.47. The molecule has 1 aromatic carbocycles. The maximum Gasteiger partial charge on any atom is 0.241 e. The van der Waals surface area contributed by atoms with Crippen molar-refractivity contribution in [2.24, 2.45) is 0 Å². The van der Waals surface area contributed by atoms with Crippen LogP contribution in [0.1, 0.15) is 18.7 Å². The number of benzene rings is 1. The van der Waals surface area contributed by atoms with Crippen molar-refractivity contribution in [3.8, 4) is 0 Å². The zero-order valence-electron chi connectivity index (χ0n) is 11.3. The highest BCUT2D eigenvalue weighted by Gasteiger charge is 2.37. The number of hydrogen-bond acceptors (Lipinski definition) is 4. The maximum atomic E-state index is 12.9. The van der Waals surface area contributed by atoms with E-state index in [-0.39, 0.29) is 30.1 Å². The van der Waals surface area contributed by atoms with Crippen LogP contribution in [0.2, 0.25) is 0 Å². The van der Waals surface area contributed by atoms with Crippen molar-refractivity contribution in [3.05, 3.63) is 35.6 Å². The number of carbonyl (C=O) groups excluding carboxylic acids is 1. The summed E-state index contributed by atoms with van der Waals surface area (Å²) < 4.78 is 35.5. The van der Waals surface area contributed by atoms with Crippen molar-refractivity contribution in [1.82, 2.24) is 10.2 Å². The van der Waals surface area contributed by atoms with Crippen LogP contribution in [0.5, 0.6) is 0 Å². The van der Waals surface area contributed by atoms with Crippen LogP contribution in [0, 0.1) is 5.82 Å². The number of amides is 1. The van der Waals surface area contributed by atoms with E-state index in [9.17, 15) is 17.6 Å². The van der Waals surface area contributed by atoms with Crippen molar-refractivity contribution >= 4 is 15.7 Å². The smallest absolute Gasteiger partial charge is 0.241 e. The van der Waals surface area contributed by atoms with Crippen LogP contribution in [-0.2, 0) is 14.6 Å². The first-order valence-corrected chi connectivity index (χ1v) is 8.34. The van der Waals surface area contributed by atoms with E-state index in [1.54, 1.807) is 19.1 Å². The quantitative estimate of drug-likeness (QED) is 0.888. The Kier molecular flexibility index (Phi) is 4.10. The van der Waals surface area contributed by atoms with Gasteiger partial charge in [-0.3, -0.25) is 10.1 Å². The van der Waals surface area contributed by atoms with Crippen LogP contribution >= 0.6 is 0 Å². The first kappa shape index (κ1) is 14.9. The molecule has 1 heterocycles. The van der Waals surface area contributed by atoms with Crippen molar-refractivity contribution in [2.45, 2.75) is 19.1 Å². The number of sulfone groups is 1. The SMILES string of the molecule is CC1NC(c2ccc(F)cc2)N(CCS(C)(=O)=O)C1=O. The third-order valence-electron chi connectivity index (χ3n) is 3.26. The summed E-state index contributed by atoms with van der Waals surface area (Å²) in [4.78, 5) is 13.6. The lowest BCUT2D eigenvalue weighted by atomic mass is 10.1. The van der Waals surface area contributed by atoms with E-state index < -0.39 is 16.0 Å². The Labute approximate surface area is 117 Å². The molecule has 1 aliphatic rings. The summed E-state index contributed by atoms with van der Waals surface area (Å²) in [5, 5.41) is 3.08. The van der Waals surface area contributed by atoms with Gasteiger partial charge in [0.1, 0.15) is 21.8 Å². The Morgan fingerprint density at radius 3 is 2.45 bits per heavy atom. The molecule has 1 aromatic rings. The Balaban J connectivity index is 2.21. The molecule has 1 amide bonds. The summed E-state index contributed by atoms with van der Waals surface area (Å²) in [5.74, 6) is -0.595. The van der Waals surface area contributed by atoms with Crippen LogP contribution in [0.25, 0.3) is 0 Å². The number of nitrogens with zero attached hydrogens (tertiary/aromatic N) is 1. The van der Waals surface area contributed by atoms with E-state index in [2.05, 4.69) is 5.32 Å². The molecular formula is C13H17FN2O3S. The molecule has 0 radical (unpaired) electrons. The highest BCUT2D eigenvalue weighted by atomic mass is 32.2. The van der Waals surface area contributed by atoms with Gasteiger partial charge in [0.15, 0.2) is 0 Å². The van der Waals surface area contributed by atoms with Gasteiger partial charge in [-0.1, -0.05) is 12.1 Å². The molecule has 0 saturated carbocycles. The zero-order chi connectivity index (χ0) is 14.9. The standard InChI is InChI=1S/C13H17FN2O3S/c1-9-13(17)16(7-8-20(2,18)19)12(15-9)10-3-5-11(14)6-4-10/h3-6,9,12,15H,7-8H2,1-2H3. The lowest BCUT2D eigenvalue weighted by Crippen LogP contribution is -2.34. The molecule has 2 rings (SSSR count). The van der Waals surface area contributed by atoms with Crippen molar-refractivity contribution < 1.29 is 17.6 Å². The third kappa shape index (κ3) is 3.34. The number of rotatable bonds is 4. The molecule has 20 heavy (non-hydrogen) atoms. The number of halogens is 1. The summed E-state index contributed by atoms with van der Waals surface area (Å²) in [7, 11) is -3.15. The molecule has 5 nitrogen and oxygen atoms in total. The van der Waals surface area contributed by atoms with E-state index in [0.29, 0.717) is 0 Å². The van der Waals surface area contributed by atoms with E-state index >= 15 is 0 Å². The van der Waals surface area contributed by atoms with Crippen molar-refractivity contribution in [1.29, 1.82) is 0 Å². The Bertz CT molecular complexity index is 601. The summed E-state index contributed by atoms with van der Waals surface area (Å²) in [6, 6.07) is 5.43. The summed E-state index contributed by atoms with van der Waals surface area (Å²) in [6.07, 6.45) is 0.719. The number of hydrogen-bond donors (Lipinski definition) is 1. The van der Waals surface area contributed by atoms with Gasteiger partial charge in [0.05, 0.1) is 11.8 Å². The van der Waals surface area contributed by atoms with Gasteiger partial charge in [-0.2, -0.15) is 0 Å². The van der Waals surface area contributed by atoms with Crippen LogP contribution in [-0.4, -0.2) is 43.8 Å². The molecule has 2 unspecified atom stereocenters. The molecule has 1 N–H and O–H groups in total. The molecule has 1 fully saturated rings. The van der Waals surface area contributed by atoms with Gasteiger partial charge < -0.3 is 4.90 Å². The highest BCUT2D eigenvalue weighted by molar-refractivity contribution is 7.90. The fraction of sp³-hybridized carbons (Fsp3) is 0.462. The third-order valence-corrected chi connectivity index (χ3v) is 4.19. The van der Waals surface area contributed by atoms with E-state index in [4.69, 9.17) is 0 Å². The average Bonchev–Trinajstić information content (AvgIpc) is 2.63. The topological polar surface area (TPSA) is 66.5 Å². The summed E-state index contributed by atoms with van der Waals surface area (Å²) >= 11 is 0. The van der Waals surface area contributed by atoms with E-state index in [1.807, 2.05) is 0 Å². The minimum absolute atomic E-state index is 0.0924. The van der Waals surface area contributed by atoms with Crippen molar-refractivity contribution in [2.75, 3.05) is 18.6 Å². The summed E-state index contributed by atoms with van der Waals surface area (Å²) in [6.45, 7) is 1.84. The largest absolute Gasteiger partial charge is 0.321 e. The minimum atomic E-state index is -3.15. The second-order valence-electron chi connectivity index (χ2n) is 5.00. The molecule has 0 spiro atoms. The predicted octanol–water partition coefficient (Wildman–Crippen LogP) is 0.689. The van der Waals surface area contributed by atoms with Crippen LogP contribution in [0.4, 0.5) is 4.39 Å². The van der Waals surface area contributed by atoms with Gasteiger partial charge in [0.2, 0.25) is 5.91 Å². The van der Waals surface area contributed by atoms with Crippen LogP contribution < -0.4 is 5.32 Å². The maximum absolute atomic E-state index is 12.9. The second kappa shape index (κ2) is 5.49. The molecular weight excluding hydrogens is 283 g/mol. The van der Waals surface area contributed by atoms with Crippen LogP contribution in [0.15, 0.2) is 24.3 Å². The normalized spacial score (nSPS) is 23.4. The van der Waals surface area contributed by atoms with Gasteiger partial charge in [-0.05, 0) is 24.6 Å². The molecule has 0 aliphatic carbocycles. The fourth-order valence-electron chi connectivity index (χ4n) is 2.20. The average molecular weight is 300 g/mol. The summed E-state index contributed by atoms with van der Waals surface area (Å²) in [5.41, 5.74) is 0.734. The molecule has 2 atom stereocenters. The Morgan fingerprint density at radius 2 is 1.90 bits per heavy atom. The molecule has 7 heteroatoms. The highest BCUT2D eigenvalue weighted by Crippen LogP contribution is 2.25. The first-order valence-electron chi connectivity index (χ1n) is 6.27. The molecule has 0 bridgehead atoms. The van der Waals surface area contributed by atoms with Gasteiger partial charge in [-0.25, -0.2) is 12.8 Å². The molecule has 1 saturated heterocycles.